The van der Waals surface area contributed by atoms with Crippen LogP contribution in [0.5, 0.6) is 0 Å². The van der Waals surface area contributed by atoms with Gasteiger partial charge in [0.05, 0.1) is 13.2 Å². The van der Waals surface area contributed by atoms with Crippen molar-refractivity contribution >= 4 is 11.8 Å². The van der Waals surface area contributed by atoms with Gasteiger partial charge in [0.15, 0.2) is 0 Å². The smallest absolute Gasteiger partial charge is 0.242 e. The van der Waals surface area contributed by atoms with Crippen LogP contribution in [0.25, 0.3) is 0 Å². The fourth-order valence-corrected chi connectivity index (χ4v) is 3.28. The molecule has 0 aromatic rings. The van der Waals surface area contributed by atoms with Crippen LogP contribution >= 0.6 is 0 Å². The quantitative estimate of drug-likeness (QED) is 0.683. The number of amides is 2. The van der Waals surface area contributed by atoms with Crippen molar-refractivity contribution in [3.63, 3.8) is 0 Å². The lowest BCUT2D eigenvalue weighted by molar-refractivity contribution is -0.129. The highest BCUT2D eigenvalue weighted by Gasteiger charge is 2.26. The maximum absolute atomic E-state index is 12.2. The summed E-state index contributed by atoms with van der Waals surface area (Å²) in [5, 5.41) is 5.74. The van der Waals surface area contributed by atoms with Gasteiger partial charge in [-0.3, -0.25) is 19.4 Å². The summed E-state index contributed by atoms with van der Waals surface area (Å²) in [6, 6.07) is 0.0401. The Bertz CT molecular complexity index is 405. The number of methoxy groups -OCH3 is 1. The van der Waals surface area contributed by atoms with E-state index in [0.717, 1.165) is 52.0 Å². The van der Waals surface area contributed by atoms with Crippen molar-refractivity contribution < 1.29 is 14.3 Å². The lowest BCUT2D eigenvalue weighted by Crippen LogP contribution is -2.55. The van der Waals surface area contributed by atoms with E-state index in [9.17, 15) is 9.59 Å². The number of hydrogen-bond donors (Lipinski definition) is 2. The zero-order valence-electron chi connectivity index (χ0n) is 14.3. The second kappa shape index (κ2) is 9.20. The van der Waals surface area contributed by atoms with E-state index in [4.69, 9.17) is 4.74 Å². The van der Waals surface area contributed by atoms with Gasteiger partial charge in [-0.05, 0) is 26.2 Å². The summed E-state index contributed by atoms with van der Waals surface area (Å²) < 4.78 is 5.13. The Balaban J connectivity index is 1.74. The molecular formula is C16H30N4O3. The fraction of sp³-hybridized carbons (Fsp3) is 0.875. The molecule has 0 aromatic heterocycles. The number of ether oxygens (including phenoxy) is 1. The largest absolute Gasteiger partial charge is 0.383 e. The summed E-state index contributed by atoms with van der Waals surface area (Å²) in [5.41, 5.74) is 0. The molecule has 0 aromatic carbocycles. The molecule has 2 amide bonds. The average Bonchev–Trinajstić information content (AvgIpc) is 2.71. The predicted octanol–water partition coefficient (Wildman–Crippen LogP) is -0.576. The van der Waals surface area contributed by atoms with Crippen molar-refractivity contribution in [3.8, 4) is 0 Å². The van der Waals surface area contributed by atoms with Crippen LogP contribution in [0.1, 0.15) is 26.2 Å². The Labute approximate surface area is 138 Å². The SMILES string of the molecule is COCCN1CCN(CC(=O)NC2CCCCNC2=O)CC1C. The third-order valence-electron chi connectivity index (χ3n) is 4.67. The molecule has 2 unspecified atom stereocenters. The van der Waals surface area contributed by atoms with Crippen LogP contribution in [0.2, 0.25) is 0 Å². The molecule has 0 bridgehead atoms. The van der Waals surface area contributed by atoms with Crippen molar-refractivity contribution in [1.82, 2.24) is 20.4 Å². The summed E-state index contributed by atoms with van der Waals surface area (Å²) in [6.07, 6.45) is 2.69. The first-order valence-electron chi connectivity index (χ1n) is 8.62. The summed E-state index contributed by atoms with van der Waals surface area (Å²) in [6.45, 7) is 7.62. The highest BCUT2D eigenvalue weighted by molar-refractivity contribution is 5.88. The van der Waals surface area contributed by atoms with E-state index in [2.05, 4.69) is 27.4 Å². The van der Waals surface area contributed by atoms with E-state index >= 15 is 0 Å². The van der Waals surface area contributed by atoms with Gasteiger partial charge >= 0.3 is 0 Å². The fourth-order valence-electron chi connectivity index (χ4n) is 3.28. The summed E-state index contributed by atoms with van der Waals surface area (Å²) in [5.74, 6) is -0.0989. The highest BCUT2D eigenvalue weighted by Crippen LogP contribution is 2.09. The van der Waals surface area contributed by atoms with Gasteiger partial charge in [-0.15, -0.1) is 0 Å². The maximum Gasteiger partial charge on any atom is 0.242 e. The molecule has 0 saturated carbocycles. The molecule has 2 fully saturated rings. The van der Waals surface area contributed by atoms with Gasteiger partial charge in [-0.2, -0.15) is 0 Å². The average molecular weight is 326 g/mol. The molecule has 7 nitrogen and oxygen atoms in total. The van der Waals surface area contributed by atoms with Crippen molar-refractivity contribution in [2.24, 2.45) is 0 Å². The maximum atomic E-state index is 12.2. The summed E-state index contributed by atoms with van der Waals surface area (Å²) in [7, 11) is 1.72. The van der Waals surface area contributed by atoms with Crippen molar-refractivity contribution in [3.05, 3.63) is 0 Å². The van der Waals surface area contributed by atoms with Crippen molar-refractivity contribution in [2.75, 3.05) is 53.0 Å². The van der Waals surface area contributed by atoms with Crippen LogP contribution in [-0.4, -0.2) is 86.7 Å². The number of hydrogen-bond acceptors (Lipinski definition) is 5. The number of carbonyl (C=O) groups is 2. The van der Waals surface area contributed by atoms with Gasteiger partial charge in [0.2, 0.25) is 11.8 Å². The van der Waals surface area contributed by atoms with E-state index < -0.39 is 0 Å². The van der Waals surface area contributed by atoms with Crippen molar-refractivity contribution in [2.45, 2.75) is 38.3 Å². The Morgan fingerprint density at radius 1 is 1.39 bits per heavy atom. The molecule has 23 heavy (non-hydrogen) atoms. The standard InChI is InChI=1S/C16H30N4O3/c1-13-11-19(7-8-20(13)9-10-23-2)12-15(21)18-14-5-3-4-6-17-16(14)22/h13-14H,3-12H2,1-2H3,(H,17,22)(H,18,21). The molecule has 0 radical (unpaired) electrons. The molecule has 2 N–H and O–H groups in total. The van der Waals surface area contributed by atoms with E-state index in [-0.39, 0.29) is 17.9 Å². The molecule has 2 aliphatic rings. The first-order chi connectivity index (χ1) is 11.1. The first-order valence-corrected chi connectivity index (χ1v) is 8.62. The predicted molar refractivity (Wildman–Crippen MR) is 88.1 cm³/mol. The lowest BCUT2D eigenvalue weighted by Gasteiger charge is -2.39. The minimum Gasteiger partial charge on any atom is -0.383 e. The van der Waals surface area contributed by atoms with Crippen LogP contribution in [0.4, 0.5) is 0 Å². The summed E-state index contributed by atoms with van der Waals surface area (Å²) >= 11 is 0. The minimum atomic E-state index is -0.370. The molecule has 0 spiro atoms. The summed E-state index contributed by atoms with van der Waals surface area (Å²) in [4.78, 5) is 28.7. The second-order valence-corrected chi connectivity index (χ2v) is 6.52. The molecule has 2 saturated heterocycles. The Hall–Kier alpha value is -1.18. The molecule has 0 aliphatic carbocycles. The Morgan fingerprint density at radius 2 is 2.22 bits per heavy atom. The normalized spacial score (nSPS) is 27.3. The monoisotopic (exact) mass is 326 g/mol. The molecule has 132 valence electrons. The van der Waals surface area contributed by atoms with Crippen LogP contribution < -0.4 is 10.6 Å². The molecule has 7 heteroatoms. The zero-order valence-corrected chi connectivity index (χ0v) is 14.3. The Morgan fingerprint density at radius 3 is 2.96 bits per heavy atom. The molecule has 2 rings (SSSR count). The second-order valence-electron chi connectivity index (χ2n) is 6.52. The van der Waals surface area contributed by atoms with Crippen LogP contribution in [0, 0.1) is 0 Å². The van der Waals surface area contributed by atoms with Gasteiger partial charge < -0.3 is 15.4 Å². The first kappa shape index (κ1) is 18.2. The van der Waals surface area contributed by atoms with Gasteiger partial charge in [0.1, 0.15) is 6.04 Å². The van der Waals surface area contributed by atoms with Crippen LogP contribution in [0.15, 0.2) is 0 Å². The number of piperazine rings is 1. The van der Waals surface area contributed by atoms with Gasteiger partial charge in [-0.25, -0.2) is 0 Å². The third-order valence-corrected chi connectivity index (χ3v) is 4.67. The zero-order chi connectivity index (χ0) is 16.7. The lowest BCUT2D eigenvalue weighted by atomic mass is 10.1. The van der Waals surface area contributed by atoms with Crippen LogP contribution in [-0.2, 0) is 14.3 Å². The van der Waals surface area contributed by atoms with Gasteiger partial charge in [-0.1, -0.05) is 0 Å². The number of rotatable bonds is 6. The topological polar surface area (TPSA) is 73.9 Å². The van der Waals surface area contributed by atoms with Crippen molar-refractivity contribution in [1.29, 1.82) is 0 Å². The highest BCUT2D eigenvalue weighted by atomic mass is 16.5. The van der Waals surface area contributed by atoms with E-state index in [1.165, 1.54) is 0 Å². The molecular weight excluding hydrogens is 296 g/mol. The minimum absolute atomic E-state index is 0.0476. The third kappa shape index (κ3) is 5.75. The van der Waals surface area contributed by atoms with Crippen LogP contribution in [0.3, 0.4) is 0 Å². The number of nitrogens with zero attached hydrogens (tertiary/aromatic N) is 2. The van der Waals surface area contributed by atoms with E-state index in [0.29, 0.717) is 19.1 Å². The molecule has 2 aliphatic heterocycles. The Kier molecular flexibility index (Phi) is 7.26. The molecule has 2 heterocycles. The van der Waals surface area contributed by atoms with Gasteiger partial charge in [0.25, 0.3) is 0 Å². The van der Waals surface area contributed by atoms with E-state index in [1.807, 2.05) is 0 Å². The number of carbonyl (C=O) groups excluding carboxylic acids is 2. The molecule has 2 atom stereocenters. The van der Waals surface area contributed by atoms with Gasteiger partial charge in [0, 0.05) is 45.9 Å². The van der Waals surface area contributed by atoms with E-state index in [1.54, 1.807) is 7.11 Å². The number of nitrogens with one attached hydrogen (secondary N) is 2.